The van der Waals surface area contributed by atoms with Crippen molar-refractivity contribution in [1.82, 2.24) is 0 Å². The number of aliphatic hydroxyl groups excluding tert-OH is 1. The minimum absolute atomic E-state index is 0.0109. The molecule has 1 N–H and O–H groups in total. The molecule has 3 aromatic rings. The molecule has 2 atom stereocenters. The highest BCUT2D eigenvalue weighted by Crippen LogP contribution is 2.39. The van der Waals surface area contributed by atoms with Crippen molar-refractivity contribution in [2.24, 2.45) is 5.92 Å². The summed E-state index contributed by atoms with van der Waals surface area (Å²) >= 11 is 0. The van der Waals surface area contributed by atoms with E-state index in [4.69, 9.17) is 4.74 Å². The van der Waals surface area contributed by atoms with Crippen molar-refractivity contribution in [1.29, 1.82) is 0 Å². The Balaban J connectivity index is 1.22. The van der Waals surface area contributed by atoms with Crippen LogP contribution in [-0.4, -0.2) is 17.8 Å². The Morgan fingerprint density at radius 2 is 1.49 bits per heavy atom. The van der Waals surface area contributed by atoms with Gasteiger partial charge in [-0.25, -0.2) is 13.2 Å². The van der Waals surface area contributed by atoms with E-state index in [2.05, 4.69) is 0 Å². The van der Waals surface area contributed by atoms with Crippen molar-refractivity contribution in [2.45, 2.75) is 63.6 Å². The number of rotatable bonds is 7. The Morgan fingerprint density at radius 3 is 2.11 bits per heavy atom. The summed E-state index contributed by atoms with van der Waals surface area (Å²) in [4.78, 5) is 0. The zero-order valence-corrected chi connectivity index (χ0v) is 19.9. The highest BCUT2D eigenvalue weighted by Gasteiger charge is 2.29. The van der Waals surface area contributed by atoms with Gasteiger partial charge in [-0.05, 0) is 91.2 Å². The fourth-order valence-corrected chi connectivity index (χ4v) is 5.36. The predicted octanol–water partition coefficient (Wildman–Crippen LogP) is 7.28. The minimum Gasteiger partial charge on any atom is -0.393 e. The van der Waals surface area contributed by atoms with Gasteiger partial charge in [0.15, 0.2) is 11.6 Å². The first kappa shape index (κ1) is 24.1. The Hall–Kier alpha value is -2.63. The molecule has 5 heteroatoms. The molecule has 0 amide bonds. The van der Waals surface area contributed by atoms with Crippen LogP contribution in [0.3, 0.4) is 0 Å². The van der Waals surface area contributed by atoms with Gasteiger partial charge >= 0.3 is 0 Å². The van der Waals surface area contributed by atoms with E-state index in [9.17, 15) is 18.3 Å². The van der Waals surface area contributed by atoms with Gasteiger partial charge < -0.3 is 9.84 Å². The zero-order chi connectivity index (χ0) is 24.5. The summed E-state index contributed by atoms with van der Waals surface area (Å²) in [6.07, 6.45) is 3.76. The molecule has 0 bridgehead atoms. The van der Waals surface area contributed by atoms with Gasteiger partial charge in [0, 0.05) is 5.56 Å². The zero-order valence-electron chi connectivity index (χ0n) is 19.9. The Kier molecular flexibility index (Phi) is 6.99. The summed E-state index contributed by atoms with van der Waals surface area (Å²) < 4.78 is 49.3. The fourth-order valence-electron chi connectivity index (χ4n) is 5.36. The average Bonchev–Trinajstić information content (AvgIpc) is 3.71. The molecule has 2 fully saturated rings. The molecule has 3 aromatic carbocycles. The lowest BCUT2D eigenvalue weighted by molar-refractivity contribution is 0.0963. The standard InChI is InChI=1S/C30H31F3O2/c1-18(34)20-8-10-22(11-9-20)25-14-12-23(29(32)30(25)33)7-4-19-2-5-21(6-3-19)24-13-15-26(27(31)16-24)28-17-35-28/h2-3,5-6,12-16,18,20,22,28,34H,4,7-11,17H2,1H3. The van der Waals surface area contributed by atoms with Crippen molar-refractivity contribution >= 4 is 0 Å². The van der Waals surface area contributed by atoms with Gasteiger partial charge in [-0.1, -0.05) is 48.5 Å². The quantitative estimate of drug-likeness (QED) is 0.361. The molecule has 0 spiro atoms. The normalized spacial score (nSPS) is 22.7. The number of benzene rings is 3. The number of halogens is 3. The second-order valence-electron chi connectivity index (χ2n) is 10.0. The van der Waals surface area contributed by atoms with Gasteiger partial charge in [-0.2, -0.15) is 0 Å². The largest absolute Gasteiger partial charge is 0.393 e. The molecule has 2 aliphatic rings. The van der Waals surface area contributed by atoms with Crippen LogP contribution < -0.4 is 0 Å². The summed E-state index contributed by atoms with van der Waals surface area (Å²) in [7, 11) is 0. The van der Waals surface area contributed by atoms with Crippen LogP contribution in [0.25, 0.3) is 11.1 Å². The van der Waals surface area contributed by atoms with E-state index in [1.807, 2.05) is 30.3 Å². The molecule has 1 heterocycles. The van der Waals surface area contributed by atoms with Crippen LogP contribution in [0.5, 0.6) is 0 Å². The van der Waals surface area contributed by atoms with Crippen LogP contribution in [0.4, 0.5) is 13.2 Å². The fraction of sp³-hybridized carbons (Fsp3) is 0.400. The molecule has 1 saturated carbocycles. The molecule has 1 aliphatic heterocycles. The lowest BCUT2D eigenvalue weighted by Crippen LogP contribution is -2.23. The number of aryl methyl sites for hydroxylation is 2. The number of hydrogen-bond donors (Lipinski definition) is 1. The Bertz CT molecular complexity index is 1180. The lowest BCUT2D eigenvalue weighted by atomic mass is 9.76. The van der Waals surface area contributed by atoms with Crippen LogP contribution in [0.2, 0.25) is 0 Å². The molecule has 2 unspecified atom stereocenters. The molecular weight excluding hydrogens is 449 g/mol. The summed E-state index contributed by atoms with van der Waals surface area (Å²) in [5.41, 5.74) is 4.15. The first-order valence-electron chi connectivity index (χ1n) is 12.6. The summed E-state index contributed by atoms with van der Waals surface area (Å²) in [6.45, 7) is 2.37. The van der Waals surface area contributed by atoms with E-state index in [1.165, 1.54) is 6.07 Å². The third-order valence-corrected chi connectivity index (χ3v) is 7.74. The highest BCUT2D eigenvalue weighted by atomic mass is 19.2. The first-order valence-corrected chi connectivity index (χ1v) is 12.6. The van der Waals surface area contributed by atoms with Gasteiger partial charge in [-0.15, -0.1) is 0 Å². The SMILES string of the molecule is CC(O)C1CCC(c2ccc(CCc3ccc(-c4ccc(C5CO5)c(F)c4)cc3)c(F)c2F)CC1. The lowest BCUT2D eigenvalue weighted by Gasteiger charge is -2.30. The topological polar surface area (TPSA) is 32.8 Å². The van der Waals surface area contributed by atoms with Crippen molar-refractivity contribution in [2.75, 3.05) is 6.61 Å². The van der Waals surface area contributed by atoms with E-state index >= 15 is 0 Å². The molecule has 1 saturated heterocycles. The molecule has 2 nitrogen and oxygen atoms in total. The van der Waals surface area contributed by atoms with Crippen molar-refractivity contribution in [3.8, 4) is 11.1 Å². The van der Waals surface area contributed by atoms with Crippen molar-refractivity contribution in [3.63, 3.8) is 0 Å². The molecule has 35 heavy (non-hydrogen) atoms. The van der Waals surface area contributed by atoms with Crippen LogP contribution in [0, 0.1) is 23.4 Å². The molecule has 5 rings (SSSR count). The van der Waals surface area contributed by atoms with E-state index < -0.39 is 11.6 Å². The van der Waals surface area contributed by atoms with E-state index in [1.54, 1.807) is 25.1 Å². The highest BCUT2D eigenvalue weighted by molar-refractivity contribution is 5.64. The Morgan fingerprint density at radius 1 is 0.829 bits per heavy atom. The maximum absolute atomic E-state index is 14.9. The molecule has 1 aliphatic carbocycles. The average molecular weight is 481 g/mol. The van der Waals surface area contributed by atoms with E-state index in [0.717, 1.165) is 42.4 Å². The molecular formula is C30H31F3O2. The maximum atomic E-state index is 14.9. The van der Waals surface area contributed by atoms with E-state index in [0.29, 0.717) is 36.1 Å². The van der Waals surface area contributed by atoms with Gasteiger partial charge in [0.05, 0.1) is 12.7 Å². The van der Waals surface area contributed by atoms with Gasteiger partial charge in [0.1, 0.15) is 11.9 Å². The molecule has 0 radical (unpaired) electrons. The van der Waals surface area contributed by atoms with E-state index in [-0.39, 0.29) is 29.9 Å². The molecule has 184 valence electrons. The number of aliphatic hydroxyl groups is 1. The van der Waals surface area contributed by atoms with Crippen LogP contribution in [0.15, 0.2) is 54.6 Å². The summed E-state index contributed by atoms with van der Waals surface area (Å²) in [5.74, 6) is -1.46. The second kappa shape index (κ2) is 10.2. The predicted molar refractivity (Wildman–Crippen MR) is 131 cm³/mol. The Labute approximate surface area is 204 Å². The third-order valence-electron chi connectivity index (χ3n) is 7.74. The van der Waals surface area contributed by atoms with Gasteiger partial charge in [0.25, 0.3) is 0 Å². The number of epoxide rings is 1. The minimum atomic E-state index is -0.744. The first-order chi connectivity index (χ1) is 16.9. The van der Waals surface area contributed by atoms with Crippen molar-refractivity contribution < 1.29 is 23.0 Å². The smallest absolute Gasteiger partial charge is 0.162 e. The van der Waals surface area contributed by atoms with Gasteiger partial charge in [0.2, 0.25) is 0 Å². The van der Waals surface area contributed by atoms with Crippen molar-refractivity contribution in [3.05, 3.63) is 94.3 Å². The number of ether oxygens (including phenoxy) is 1. The maximum Gasteiger partial charge on any atom is 0.162 e. The number of hydrogen-bond acceptors (Lipinski definition) is 2. The van der Waals surface area contributed by atoms with Gasteiger partial charge in [-0.3, -0.25) is 0 Å². The second-order valence-corrected chi connectivity index (χ2v) is 10.0. The monoisotopic (exact) mass is 480 g/mol. The van der Waals surface area contributed by atoms with Crippen LogP contribution in [-0.2, 0) is 17.6 Å². The molecule has 0 aromatic heterocycles. The van der Waals surface area contributed by atoms with Crippen LogP contribution in [0.1, 0.15) is 66.9 Å². The third kappa shape index (κ3) is 5.31. The van der Waals surface area contributed by atoms with Crippen LogP contribution >= 0.6 is 0 Å². The summed E-state index contributed by atoms with van der Waals surface area (Å²) in [6, 6.07) is 16.4. The summed E-state index contributed by atoms with van der Waals surface area (Å²) in [5, 5.41) is 9.78.